The summed E-state index contributed by atoms with van der Waals surface area (Å²) >= 11 is 6.17. The van der Waals surface area contributed by atoms with Crippen molar-refractivity contribution in [2.75, 3.05) is 23.3 Å². The molecule has 1 aliphatic rings. The highest BCUT2D eigenvalue weighted by Gasteiger charge is 2.25. The van der Waals surface area contributed by atoms with Crippen molar-refractivity contribution in [2.24, 2.45) is 7.05 Å². The summed E-state index contributed by atoms with van der Waals surface area (Å²) < 4.78 is 1.51. The van der Waals surface area contributed by atoms with Gasteiger partial charge in [0, 0.05) is 44.8 Å². The molecule has 0 unspecified atom stereocenters. The normalized spacial score (nSPS) is 18.0. The van der Waals surface area contributed by atoms with Crippen molar-refractivity contribution >= 4 is 23.2 Å². The molecule has 3 rings (SSSR count). The molecule has 6 nitrogen and oxygen atoms in total. The van der Waals surface area contributed by atoms with E-state index in [2.05, 4.69) is 20.2 Å². The standard InChI is InChI=1S/C14H16ClN5O/c1-19-8-6-16-12(14(19)21)18-10-4-7-20(9-10)13-11(15)3-2-5-17-13/h2-3,5-6,8,10H,4,7,9H2,1H3,(H,16,18)/t10-/m0/s1. The number of nitrogens with one attached hydrogen (secondary N) is 1. The third-order valence-corrected chi connectivity index (χ3v) is 3.88. The Hall–Kier alpha value is -2.08. The lowest BCUT2D eigenvalue weighted by Crippen LogP contribution is -2.31. The summed E-state index contributed by atoms with van der Waals surface area (Å²) in [4.78, 5) is 22.5. The maximum atomic E-state index is 12.0. The first-order valence-electron chi connectivity index (χ1n) is 6.79. The Morgan fingerprint density at radius 1 is 1.38 bits per heavy atom. The summed E-state index contributed by atoms with van der Waals surface area (Å²) in [5.41, 5.74) is -0.119. The van der Waals surface area contributed by atoms with Gasteiger partial charge in [-0.3, -0.25) is 4.79 Å². The van der Waals surface area contributed by atoms with Gasteiger partial charge in [0.15, 0.2) is 5.82 Å². The summed E-state index contributed by atoms with van der Waals surface area (Å²) in [5, 5.41) is 3.86. The van der Waals surface area contributed by atoms with Crippen LogP contribution in [0.25, 0.3) is 0 Å². The smallest absolute Gasteiger partial charge is 0.293 e. The summed E-state index contributed by atoms with van der Waals surface area (Å²) in [7, 11) is 1.71. The third-order valence-electron chi connectivity index (χ3n) is 3.58. The van der Waals surface area contributed by atoms with Crippen LogP contribution >= 0.6 is 11.6 Å². The largest absolute Gasteiger partial charge is 0.361 e. The van der Waals surface area contributed by atoms with E-state index < -0.39 is 0 Å². The fraction of sp³-hybridized carbons (Fsp3) is 0.357. The Balaban J connectivity index is 1.72. The number of nitrogens with zero attached hydrogens (tertiary/aromatic N) is 4. The van der Waals surface area contributed by atoms with Crippen molar-refractivity contribution in [3.63, 3.8) is 0 Å². The third kappa shape index (κ3) is 2.85. The quantitative estimate of drug-likeness (QED) is 0.931. The second-order valence-electron chi connectivity index (χ2n) is 5.08. The number of hydrogen-bond acceptors (Lipinski definition) is 5. The molecule has 1 aliphatic heterocycles. The highest BCUT2D eigenvalue weighted by atomic mass is 35.5. The van der Waals surface area contributed by atoms with Crippen molar-refractivity contribution in [3.8, 4) is 0 Å². The highest BCUT2D eigenvalue weighted by molar-refractivity contribution is 6.32. The molecule has 0 aliphatic carbocycles. The maximum absolute atomic E-state index is 12.0. The van der Waals surface area contributed by atoms with Gasteiger partial charge in [-0.1, -0.05) is 11.6 Å². The van der Waals surface area contributed by atoms with Crippen LogP contribution < -0.4 is 15.8 Å². The zero-order valence-corrected chi connectivity index (χ0v) is 12.4. The Morgan fingerprint density at radius 3 is 3.05 bits per heavy atom. The van der Waals surface area contributed by atoms with Crippen LogP contribution in [-0.2, 0) is 7.05 Å². The number of anilines is 2. The molecule has 0 aromatic carbocycles. The Kier molecular flexibility index (Phi) is 3.79. The van der Waals surface area contributed by atoms with Gasteiger partial charge in [0.25, 0.3) is 5.56 Å². The average molecular weight is 306 g/mol. The van der Waals surface area contributed by atoms with Gasteiger partial charge >= 0.3 is 0 Å². The number of pyridine rings is 1. The van der Waals surface area contributed by atoms with Gasteiger partial charge in [-0.05, 0) is 18.6 Å². The van der Waals surface area contributed by atoms with Gasteiger partial charge in [-0.15, -0.1) is 0 Å². The van der Waals surface area contributed by atoms with Gasteiger partial charge in [0.05, 0.1) is 5.02 Å². The van der Waals surface area contributed by atoms with Crippen LogP contribution in [0.15, 0.2) is 35.5 Å². The molecule has 1 fully saturated rings. The van der Waals surface area contributed by atoms with Crippen LogP contribution in [0.1, 0.15) is 6.42 Å². The molecule has 2 aromatic heterocycles. The second kappa shape index (κ2) is 5.73. The van der Waals surface area contributed by atoms with Crippen LogP contribution in [0, 0.1) is 0 Å². The Labute approximate surface area is 127 Å². The topological polar surface area (TPSA) is 63.1 Å². The first-order chi connectivity index (χ1) is 10.1. The van der Waals surface area contributed by atoms with Crippen molar-refractivity contribution in [2.45, 2.75) is 12.5 Å². The molecular formula is C14H16ClN5O. The first-order valence-corrected chi connectivity index (χ1v) is 7.16. The van der Waals surface area contributed by atoms with E-state index >= 15 is 0 Å². The lowest BCUT2D eigenvalue weighted by Gasteiger charge is -2.19. The minimum absolute atomic E-state index is 0.119. The molecule has 3 heterocycles. The van der Waals surface area contributed by atoms with E-state index in [1.54, 1.807) is 25.6 Å². The van der Waals surface area contributed by atoms with Gasteiger partial charge in [-0.2, -0.15) is 0 Å². The van der Waals surface area contributed by atoms with Crippen molar-refractivity contribution in [3.05, 3.63) is 46.1 Å². The summed E-state index contributed by atoms with van der Waals surface area (Å²) in [6.45, 7) is 1.60. The minimum atomic E-state index is -0.119. The SMILES string of the molecule is Cn1ccnc(N[C@H]2CCN(c3ncccc3Cl)C2)c1=O. The van der Waals surface area contributed by atoms with E-state index in [1.807, 2.05) is 12.1 Å². The average Bonchev–Trinajstić information content (AvgIpc) is 2.93. The van der Waals surface area contributed by atoms with Crippen molar-refractivity contribution < 1.29 is 0 Å². The monoisotopic (exact) mass is 305 g/mol. The molecule has 21 heavy (non-hydrogen) atoms. The lowest BCUT2D eigenvalue weighted by molar-refractivity contribution is 0.777. The van der Waals surface area contributed by atoms with Crippen LogP contribution in [0.5, 0.6) is 0 Å². The van der Waals surface area contributed by atoms with Gasteiger partial charge in [0.1, 0.15) is 5.82 Å². The summed E-state index contributed by atoms with van der Waals surface area (Å²) in [5.74, 6) is 1.18. The van der Waals surface area contributed by atoms with E-state index in [1.165, 1.54) is 4.57 Å². The summed E-state index contributed by atoms with van der Waals surface area (Å²) in [6, 6.07) is 3.81. The Morgan fingerprint density at radius 2 is 2.24 bits per heavy atom. The molecule has 2 aromatic rings. The molecule has 0 saturated carbocycles. The van der Waals surface area contributed by atoms with Crippen LogP contribution in [0.3, 0.4) is 0 Å². The minimum Gasteiger partial charge on any atom is -0.361 e. The number of aromatic nitrogens is 3. The number of halogens is 1. The van der Waals surface area contributed by atoms with Gasteiger partial charge in [-0.25, -0.2) is 9.97 Å². The molecule has 110 valence electrons. The summed E-state index contributed by atoms with van der Waals surface area (Å²) in [6.07, 6.45) is 5.90. The molecule has 0 amide bonds. The first kappa shape index (κ1) is 13.9. The van der Waals surface area contributed by atoms with Crippen LogP contribution in [-0.4, -0.2) is 33.7 Å². The molecule has 0 spiro atoms. The molecule has 1 saturated heterocycles. The number of rotatable bonds is 3. The molecule has 0 bridgehead atoms. The lowest BCUT2D eigenvalue weighted by atomic mass is 10.2. The van der Waals surface area contributed by atoms with E-state index in [4.69, 9.17) is 11.6 Å². The van der Waals surface area contributed by atoms with Crippen LogP contribution in [0.4, 0.5) is 11.6 Å². The Bertz CT molecular complexity index is 702. The van der Waals surface area contributed by atoms with E-state index in [0.717, 1.165) is 25.3 Å². The molecule has 0 radical (unpaired) electrons. The zero-order chi connectivity index (χ0) is 14.8. The predicted octanol–water partition coefficient (Wildman–Crippen LogP) is 1.52. The number of aryl methyl sites for hydroxylation is 1. The van der Waals surface area contributed by atoms with Gasteiger partial charge in [0.2, 0.25) is 0 Å². The van der Waals surface area contributed by atoms with Gasteiger partial charge < -0.3 is 14.8 Å². The molecular weight excluding hydrogens is 290 g/mol. The fourth-order valence-electron chi connectivity index (χ4n) is 2.47. The molecule has 1 N–H and O–H groups in total. The fourth-order valence-corrected chi connectivity index (χ4v) is 2.71. The van der Waals surface area contributed by atoms with Crippen molar-refractivity contribution in [1.82, 2.24) is 14.5 Å². The van der Waals surface area contributed by atoms with Crippen molar-refractivity contribution in [1.29, 1.82) is 0 Å². The van der Waals surface area contributed by atoms with E-state index in [9.17, 15) is 4.79 Å². The predicted molar refractivity (Wildman–Crippen MR) is 83.0 cm³/mol. The molecule has 7 heteroatoms. The molecule has 1 atom stereocenters. The second-order valence-corrected chi connectivity index (χ2v) is 5.48. The van der Waals surface area contributed by atoms with E-state index in [0.29, 0.717) is 10.8 Å². The number of hydrogen-bond donors (Lipinski definition) is 1. The van der Waals surface area contributed by atoms with E-state index in [-0.39, 0.29) is 11.6 Å². The highest BCUT2D eigenvalue weighted by Crippen LogP contribution is 2.26. The maximum Gasteiger partial charge on any atom is 0.293 e. The zero-order valence-electron chi connectivity index (χ0n) is 11.7. The van der Waals surface area contributed by atoms with Crippen LogP contribution in [0.2, 0.25) is 5.02 Å².